The molecular formula is C17H26N4OS. The van der Waals surface area contributed by atoms with Crippen molar-refractivity contribution < 1.29 is 4.79 Å². The molecule has 0 aromatic heterocycles. The standard InChI is InChI=1S/C17H26N4OS/c1-18-7-9-20(10-8-18)17(22)21-13-11-19(12-14-21)15-5-3-4-6-16(15)23-2/h3-6H,7-14H2,1-2H3. The van der Waals surface area contributed by atoms with E-state index in [1.54, 1.807) is 11.8 Å². The van der Waals surface area contributed by atoms with E-state index in [9.17, 15) is 4.79 Å². The summed E-state index contributed by atoms with van der Waals surface area (Å²) in [5.74, 6) is 0. The maximum atomic E-state index is 12.6. The van der Waals surface area contributed by atoms with E-state index in [-0.39, 0.29) is 6.03 Å². The topological polar surface area (TPSA) is 30.0 Å². The summed E-state index contributed by atoms with van der Waals surface area (Å²) < 4.78 is 0. The fourth-order valence-corrected chi connectivity index (χ4v) is 3.85. The van der Waals surface area contributed by atoms with Crippen LogP contribution in [0.1, 0.15) is 0 Å². The Morgan fingerprint density at radius 2 is 1.48 bits per heavy atom. The molecule has 0 N–H and O–H groups in total. The molecule has 0 atom stereocenters. The van der Waals surface area contributed by atoms with Gasteiger partial charge in [0.05, 0.1) is 5.69 Å². The number of nitrogens with zero attached hydrogens (tertiary/aromatic N) is 4. The maximum Gasteiger partial charge on any atom is 0.320 e. The third-order valence-electron chi connectivity index (χ3n) is 4.75. The highest BCUT2D eigenvalue weighted by atomic mass is 32.2. The number of thioether (sulfide) groups is 1. The number of carbonyl (C=O) groups excluding carboxylic acids is 1. The number of para-hydroxylation sites is 1. The van der Waals surface area contributed by atoms with Gasteiger partial charge in [-0.3, -0.25) is 0 Å². The Kier molecular flexibility index (Phi) is 5.33. The van der Waals surface area contributed by atoms with Crippen molar-refractivity contribution in [2.75, 3.05) is 70.6 Å². The zero-order chi connectivity index (χ0) is 16.2. The number of carbonyl (C=O) groups is 1. The zero-order valence-corrected chi connectivity index (χ0v) is 14.9. The van der Waals surface area contributed by atoms with E-state index in [1.165, 1.54) is 10.6 Å². The van der Waals surface area contributed by atoms with E-state index in [0.717, 1.165) is 52.4 Å². The number of hydrogen-bond donors (Lipinski definition) is 0. The summed E-state index contributed by atoms with van der Waals surface area (Å²) >= 11 is 1.78. The fraction of sp³-hybridized carbons (Fsp3) is 0.588. The van der Waals surface area contributed by atoms with Crippen molar-refractivity contribution in [2.45, 2.75) is 4.90 Å². The van der Waals surface area contributed by atoms with Crippen LogP contribution in [0.25, 0.3) is 0 Å². The van der Waals surface area contributed by atoms with E-state index < -0.39 is 0 Å². The molecule has 2 aliphatic heterocycles. The van der Waals surface area contributed by atoms with E-state index in [4.69, 9.17) is 0 Å². The molecule has 2 aliphatic rings. The van der Waals surface area contributed by atoms with Crippen molar-refractivity contribution in [3.05, 3.63) is 24.3 Å². The van der Waals surface area contributed by atoms with Crippen LogP contribution in [-0.4, -0.2) is 86.4 Å². The van der Waals surface area contributed by atoms with Gasteiger partial charge in [0, 0.05) is 57.3 Å². The minimum absolute atomic E-state index is 0.218. The monoisotopic (exact) mass is 334 g/mol. The highest BCUT2D eigenvalue weighted by Crippen LogP contribution is 2.29. The number of likely N-dealkylation sites (N-methyl/N-ethyl adjacent to an activating group) is 1. The molecule has 0 radical (unpaired) electrons. The second kappa shape index (κ2) is 7.45. The Morgan fingerprint density at radius 1 is 0.913 bits per heavy atom. The number of urea groups is 1. The van der Waals surface area contributed by atoms with Gasteiger partial charge in [0.2, 0.25) is 0 Å². The van der Waals surface area contributed by atoms with Crippen LogP contribution >= 0.6 is 11.8 Å². The molecule has 3 rings (SSSR count). The van der Waals surface area contributed by atoms with Gasteiger partial charge in [-0.15, -0.1) is 11.8 Å². The number of benzene rings is 1. The van der Waals surface area contributed by atoms with Crippen molar-refractivity contribution >= 4 is 23.5 Å². The van der Waals surface area contributed by atoms with E-state index in [2.05, 4.69) is 47.4 Å². The molecule has 0 aliphatic carbocycles. The van der Waals surface area contributed by atoms with Gasteiger partial charge in [-0.2, -0.15) is 0 Å². The Labute approximate surface area is 143 Å². The molecule has 2 amide bonds. The van der Waals surface area contributed by atoms with Gasteiger partial charge < -0.3 is 19.6 Å². The minimum Gasteiger partial charge on any atom is -0.367 e. The maximum absolute atomic E-state index is 12.6. The molecule has 2 saturated heterocycles. The van der Waals surface area contributed by atoms with Crippen LogP contribution in [0.3, 0.4) is 0 Å². The lowest BCUT2D eigenvalue weighted by Gasteiger charge is -2.40. The normalized spacial score (nSPS) is 20.0. The first kappa shape index (κ1) is 16.5. The van der Waals surface area contributed by atoms with Crippen molar-refractivity contribution in [3.63, 3.8) is 0 Å². The summed E-state index contributed by atoms with van der Waals surface area (Å²) in [5, 5.41) is 0. The molecule has 23 heavy (non-hydrogen) atoms. The molecule has 0 unspecified atom stereocenters. The van der Waals surface area contributed by atoms with Crippen molar-refractivity contribution in [1.29, 1.82) is 0 Å². The molecule has 2 fully saturated rings. The first-order chi connectivity index (χ1) is 11.2. The number of rotatable bonds is 2. The van der Waals surface area contributed by atoms with Gasteiger partial charge in [-0.05, 0) is 25.4 Å². The number of amides is 2. The quantitative estimate of drug-likeness (QED) is 0.773. The number of hydrogen-bond acceptors (Lipinski definition) is 4. The highest BCUT2D eigenvalue weighted by molar-refractivity contribution is 7.98. The summed E-state index contributed by atoms with van der Waals surface area (Å²) in [7, 11) is 2.11. The first-order valence-corrected chi connectivity index (χ1v) is 9.52. The molecule has 6 heteroatoms. The summed E-state index contributed by atoms with van der Waals surface area (Å²) in [4.78, 5) is 22.7. The zero-order valence-electron chi connectivity index (χ0n) is 14.1. The molecule has 5 nitrogen and oxygen atoms in total. The van der Waals surface area contributed by atoms with E-state index >= 15 is 0 Å². The molecule has 0 saturated carbocycles. The van der Waals surface area contributed by atoms with Crippen LogP contribution in [-0.2, 0) is 0 Å². The SMILES string of the molecule is CSc1ccccc1N1CCN(C(=O)N2CCN(C)CC2)CC1. The van der Waals surface area contributed by atoms with Gasteiger partial charge in [0.25, 0.3) is 0 Å². The van der Waals surface area contributed by atoms with E-state index in [0.29, 0.717) is 0 Å². The van der Waals surface area contributed by atoms with Crippen LogP contribution in [0.2, 0.25) is 0 Å². The Balaban J connectivity index is 1.57. The Bertz CT molecular complexity index is 537. The van der Waals surface area contributed by atoms with Crippen LogP contribution in [0.4, 0.5) is 10.5 Å². The van der Waals surface area contributed by atoms with Gasteiger partial charge >= 0.3 is 6.03 Å². The van der Waals surface area contributed by atoms with Gasteiger partial charge in [0.15, 0.2) is 0 Å². The van der Waals surface area contributed by atoms with Crippen molar-refractivity contribution in [3.8, 4) is 0 Å². The number of anilines is 1. The van der Waals surface area contributed by atoms with Crippen LogP contribution in [0, 0.1) is 0 Å². The lowest BCUT2D eigenvalue weighted by atomic mass is 10.2. The average molecular weight is 334 g/mol. The largest absolute Gasteiger partial charge is 0.367 e. The lowest BCUT2D eigenvalue weighted by molar-refractivity contribution is 0.120. The van der Waals surface area contributed by atoms with Crippen molar-refractivity contribution in [2.24, 2.45) is 0 Å². The second-order valence-electron chi connectivity index (χ2n) is 6.22. The predicted octanol–water partition coefficient (Wildman–Crippen LogP) is 1.90. The summed E-state index contributed by atoms with van der Waals surface area (Å²) in [6, 6.07) is 8.75. The lowest BCUT2D eigenvalue weighted by Crippen LogP contribution is -2.56. The fourth-order valence-electron chi connectivity index (χ4n) is 3.23. The predicted molar refractivity (Wildman–Crippen MR) is 96.5 cm³/mol. The second-order valence-corrected chi connectivity index (χ2v) is 7.07. The summed E-state index contributed by atoms with van der Waals surface area (Å²) in [5.41, 5.74) is 1.30. The smallest absolute Gasteiger partial charge is 0.320 e. The van der Waals surface area contributed by atoms with Gasteiger partial charge in [0.1, 0.15) is 0 Å². The van der Waals surface area contributed by atoms with Crippen LogP contribution < -0.4 is 4.90 Å². The molecule has 1 aromatic rings. The average Bonchev–Trinajstić information content (AvgIpc) is 2.62. The molecule has 2 heterocycles. The van der Waals surface area contributed by atoms with Gasteiger partial charge in [-0.1, -0.05) is 12.1 Å². The minimum atomic E-state index is 0.218. The van der Waals surface area contributed by atoms with Crippen LogP contribution in [0.15, 0.2) is 29.2 Å². The Hall–Kier alpha value is -1.40. The molecule has 0 bridgehead atoms. The highest BCUT2D eigenvalue weighted by Gasteiger charge is 2.27. The molecular weight excluding hydrogens is 308 g/mol. The first-order valence-electron chi connectivity index (χ1n) is 8.29. The summed E-state index contributed by atoms with van der Waals surface area (Å²) in [6.07, 6.45) is 2.12. The molecule has 1 aromatic carbocycles. The molecule has 126 valence electrons. The Morgan fingerprint density at radius 3 is 2.09 bits per heavy atom. The van der Waals surface area contributed by atoms with E-state index in [1.807, 2.05) is 9.80 Å². The number of piperazine rings is 2. The van der Waals surface area contributed by atoms with Crippen molar-refractivity contribution in [1.82, 2.24) is 14.7 Å². The van der Waals surface area contributed by atoms with Crippen LogP contribution in [0.5, 0.6) is 0 Å². The van der Waals surface area contributed by atoms with Gasteiger partial charge in [-0.25, -0.2) is 4.79 Å². The summed E-state index contributed by atoms with van der Waals surface area (Å²) in [6.45, 7) is 7.12. The molecule has 0 spiro atoms. The third-order valence-corrected chi connectivity index (χ3v) is 5.53. The third kappa shape index (κ3) is 3.75.